The van der Waals surface area contributed by atoms with E-state index in [1.165, 1.54) is 4.90 Å². The highest BCUT2D eigenvalue weighted by molar-refractivity contribution is 6.08. The zero-order valence-electron chi connectivity index (χ0n) is 18.9. The highest BCUT2D eigenvalue weighted by atomic mass is 19.3. The average Bonchev–Trinajstić information content (AvgIpc) is 3.11. The van der Waals surface area contributed by atoms with Gasteiger partial charge in [0, 0.05) is 24.8 Å². The Morgan fingerprint density at radius 1 is 1.19 bits per heavy atom. The second kappa shape index (κ2) is 6.76. The lowest BCUT2D eigenvalue weighted by Crippen LogP contribution is -2.55. The van der Waals surface area contributed by atoms with Gasteiger partial charge in [-0.1, -0.05) is 26.8 Å². The van der Waals surface area contributed by atoms with E-state index in [1.807, 2.05) is 6.07 Å². The first-order chi connectivity index (χ1) is 15.0. The molecule has 0 saturated heterocycles. The van der Waals surface area contributed by atoms with Crippen molar-refractivity contribution in [2.24, 2.45) is 39.8 Å². The Kier molecular flexibility index (Phi) is 4.51. The van der Waals surface area contributed by atoms with Crippen molar-refractivity contribution in [2.75, 3.05) is 6.54 Å². The summed E-state index contributed by atoms with van der Waals surface area (Å²) in [7, 11) is 0. The van der Waals surface area contributed by atoms with E-state index < -0.39 is 16.9 Å². The molecule has 0 aromatic heterocycles. The SMILES string of the molecule is C[C@H]1[C@H](C)C[C@@]2(Cc3ccc(C#N)cc3[C@]23N=C(N)N(CC2CC(F)(F)C2)C3=O)C[C@@H]1C. The van der Waals surface area contributed by atoms with Crippen molar-refractivity contribution in [1.29, 1.82) is 5.26 Å². The van der Waals surface area contributed by atoms with Gasteiger partial charge in [0.05, 0.1) is 11.6 Å². The number of rotatable bonds is 2. The molecule has 2 spiro atoms. The Bertz CT molecular complexity index is 1040. The zero-order chi connectivity index (χ0) is 23.1. The van der Waals surface area contributed by atoms with E-state index in [1.54, 1.807) is 12.1 Å². The van der Waals surface area contributed by atoms with Crippen LogP contribution in [-0.4, -0.2) is 29.2 Å². The number of fused-ring (bicyclic) bond motifs is 3. The number of aliphatic imine (C=N–C) groups is 1. The number of amides is 1. The molecule has 1 aromatic rings. The van der Waals surface area contributed by atoms with Gasteiger partial charge < -0.3 is 5.73 Å². The van der Waals surface area contributed by atoms with Crippen molar-refractivity contribution < 1.29 is 13.6 Å². The summed E-state index contributed by atoms with van der Waals surface area (Å²) in [6.45, 7) is 6.92. The summed E-state index contributed by atoms with van der Waals surface area (Å²) < 4.78 is 26.9. The third-order valence-electron chi connectivity index (χ3n) is 8.87. The van der Waals surface area contributed by atoms with Gasteiger partial charge in [0.1, 0.15) is 0 Å². The number of halogens is 2. The molecule has 170 valence electrons. The van der Waals surface area contributed by atoms with Gasteiger partial charge in [0.25, 0.3) is 5.91 Å². The van der Waals surface area contributed by atoms with E-state index in [0.717, 1.165) is 24.0 Å². The van der Waals surface area contributed by atoms with Crippen molar-refractivity contribution in [2.45, 2.75) is 64.3 Å². The molecule has 32 heavy (non-hydrogen) atoms. The Hall–Kier alpha value is -2.49. The van der Waals surface area contributed by atoms with Gasteiger partial charge in [-0.2, -0.15) is 5.26 Å². The minimum absolute atomic E-state index is 0.124. The molecule has 3 aliphatic carbocycles. The molecule has 4 aliphatic rings. The molecule has 7 heteroatoms. The van der Waals surface area contributed by atoms with E-state index in [2.05, 4.69) is 26.8 Å². The highest BCUT2D eigenvalue weighted by Gasteiger charge is 2.68. The maximum Gasteiger partial charge on any atom is 0.262 e. The van der Waals surface area contributed by atoms with Crippen LogP contribution in [-0.2, 0) is 16.8 Å². The number of carbonyl (C=O) groups is 1. The fourth-order valence-electron chi connectivity index (χ4n) is 7.05. The maximum absolute atomic E-state index is 14.2. The lowest BCUT2D eigenvalue weighted by atomic mass is 9.55. The van der Waals surface area contributed by atoms with Gasteiger partial charge in [-0.05, 0) is 66.2 Å². The number of benzene rings is 1. The summed E-state index contributed by atoms with van der Waals surface area (Å²) in [6.07, 6.45) is 1.96. The van der Waals surface area contributed by atoms with Crippen LogP contribution in [0.1, 0.15) is 63.1 Å². The highest BCUT2D eigenvalue weighted by Crippen LogP contribution is 2.64. The van der Waals surface area contributed by atoms with E-state index >= 15 is 0 Å². The average molecular weight is 441 g/mol. The Labute approximate surface area is 187 Å². The molecule has 1 aliphatic heterocycles. The minimum Gasteiger partial charge on any atom is -0.369 e. The second-order valence-corrected chi connectivity index (χ2v) is 10.9. The normalized spacial score (nSPS) is 38.0. The molecule has 2 N–H and O–H groups in total. The molecule has 2 saturated carbocycles. The number of hydrogen-bond acceptors (Lipinski definition) is 4. The third kappa shape index (κ3) is 2.77. The molecular weight excluding hydrogens is 410 g/mol. The molecule has 1 aromatic carbocycles. The van der Waals surface area contributed by atoms with Gasteiger partial charge in [0.15, 0.2) is 11.5 Å². The number of nitrogens with zero attached hydrogens (tertiary/aromatic N) is 3. The van der Waals surface area contributed by atoms with Crippen LogP contribution >= 0.6 is 0 Å². The van der Waals surface area contributed by atoms with Crippen molar-refractivity contribution >= 4 is 11.9 Å². The first-order valence-electron chi connectivity index (χ1n) is 11.6. The molecule has 5 rings (SSSR count). The van der Waals surface area contributed by atoms with Crippen LogP contribution in [0.3, 0.4) is 0 Å². The summed E-state index contributed by atoms with van der Waals surface area (Å²) in [5, 5.41) is 9.52. The number of guanidine groups is 1. The fourth-order valence-corrected chi connectivity index (χ4v) is 7.05. The van der Waals surface area contributed by atoms with E-state index in [0.29, 0.717) is 29.7 Å². The quantitative estimate of drug-likeness (QED) is 0.748. The topological polar surface area (TPSA) is 82.5 Å². The van der Waals surface area contributed by atoms with E-state index in [4.69, 9.17) is 10.7 Å². The number of carbonyl (C=O) groups excluding carboxylic acids is 1. The van der Waals surface area contributed by atoms with Crippen molar-refractivity contribution in [3.05, 3.63) is 34.9 Å². The molecular formula is C25H30F2N4O. The molecule has 0 radical (unpaired) electrons. The number of hydrogen-bond donors (Lipinski definition) is 1. The molecule has 1 heterocycles. The zero-order valence-corrected chi connectivity index (χ0v) is 18.9. The van der Waals surface area contributed by atoms with E-state index in [-0.39, 0.29) is 37.2 Å². The molecule has 1 amide bonds. The van der Waals surface area contributed by atoms with Gasteiger partial charge in [-0.3, -0.25) is 9.69 Å². The van der Waals surface area contributed by atoms with Crippen LogP contribution < -0.4 is 5.73 Å². The van der Waals surface area contributed by atoms with Gasteiger partial charge in [0.2, 0.25) is 5.92 Å². The molecule has 5 nitrogen and oxygen atoms in total. The smallest absolute Gasteiger partial charge is 0.262 e. The van der Waals surface area contributed by atoms with Crippen LogP contribution in [0.5, 0.6) is 0 Å². The van der Waals surface area contributed by atoms with Crippen molar-refractivity contribution in [3.63, 3.8) is 0 Å². The summed E-state index contributed by atoms with van der Waals surface area (Å²) in [5.74, 6) is -1.66. The second-order valence-electron chi connectivity index (χ2n) is 10.9. The lowest BCUT2D eigenvalue weighted by molar-refractivity contribution is -0.144. The fraction of sp³-hybridized carbons (Fsp3) is 0.640. The number of nitrogens with two attached hydrogens (primary N) is 1. The van der Waals surface area contributed by atoms with Crippen LogP contribution in [0, 0.1) is 40.4 Å². The first-order valence-corrected chi connectivity index (χ1v) is 11.6. The van der Waals surface area contributed by atoms with Gasteiger partial charge >= 0.3 is 0 Å². The summed E-state index contributed by atoms with van der Waals surface area (Å²) in [5.41, 5.74) is 7.05. The molecule has 0 bridgehead atoms. The maximum atomic E-state index is 14.2. The number of nitriles is 1. The van der Waals surface area contributed by atoms with Crippen LogP contribution in [0.2, 0.25) is 0 Å². The number of alkyl halides is 2. The molecule has 0 unspecified atom stereocenters. The largest absolute Gasteiger partial charge is 0.369 e. The first kappa shape index (κ1) is 21.4. The Morgan fingerprint density at radius 3 is 2.44 bits per heavy atom. The van der Waals surface area contributed by atoms with E-state index in [9.17, 15) is 18.8 Å². The summed E-state index contributed by atoms with van der Waals surface area (Å²) >= 11 is 0. The third-order valence-corrected chi connectivity index (χ3v) is 8.87. The summed E-state index contributed by atoms with van der Waals surface area (Å²) in [4.78, 5) is 20.5. The van der Waals surface area contributed by atoms with Crippen LogP contribution in [0.4, 0.5) is 8.78 Å². The molecule has 2 fully saturated rings. The van der Waals surface area contributed by atoms with Crippen LogP contribution in [0.15, 0.2) is 23.2 Å². The van der Waals surface area contributed by atoms with Crippen molar-refractivity contribution in [1.82, 2.24) is 4.90 Å². The Morgan fingerprint density at radius 2 is 1.84 bits per heavy atom. The van der Waals surface area contributed by atoms with Gasteiger partial charge in [-0.25, -0.2) is 13.8 Å². The molecule has 5 atom stereocenters. The van der Waals surface area contributed by atoms with Gasteiger partial charge in [-0.15, -0.1) is 0 Å². The standard InChI is InChI=1S/C25H30F2N4O/c1-14-7-23(8-15(2)16(14)3)11-19-5-4-17(12-28)6-20(19)25(23)21(32)31(22(29)30-25)13-18-9-24(26,27)10-18/h4-6,14-16,18H,7-11,13H2,1-3H3,(H2,29,30)/t14-,15+,16+,23+,25-/m1/s1. The predicted molar refractivity (Wildman–Crippen MR) is 117 cm³/mol. The Balaban J connectivity index is 1.60. The predicted octanol–water partition coefficient (Wildman–Crippen LogP) is 4.20. The summed E-state index contributed by atoms with van der Waals surface area (Å²) in [6, 6.07) is 7.73. The van der Waals surface area contributed by atoms with Crippen LogP contribution in [0.25, 0.3) is 0 Å². The minimum atomic E-state index is -2.65. The van der Waals surface area contributed by atoms with Crippen molar-refractivity contribution in [3.8, 4) is 6.07 Å². The monoisotopic (exact) mass is 440 g/mol. The lowest BCUT2D eigenvalue weighted by Gasteiger charge is -2.50.